The molecule has 7 nitrogen and oxygen atoms in total. The van der Waals surface area contributed by atoms with Crippen LogP contribution in [0.1, 0.15) is 12.5 Å². The first-order valence-electron chi connectivity index (χ1n) is 9.83. The number of benzene rings is 3. The lowest BCUT2D eigenvalue weighted by Gasteiger charge is -2.11. The Morgan fingerprint density at radius 1 is 1.09 bits per heavy atom. The third-order valence-corrected chi connectivity index (χ3v) is 5.84. The van der Waals surface area contributed by atoms with Gasteiger partial charge in [-0.25, -0.2) is 4.79 Å². The number of nitrogens with one attached hydrogen (secondary N) is 1. The Hall–Kier alpha value is -3.91. The SMILES string of the molecule is CCOC(=O)C1=C(Nc2cccc3ccccc23)S/C(=C\c2ccc([N+](=O)[O-])cc2)C1=O. The first kappa shape index (κ1) is 21.3. The minimum atomic E-state index is -0.695. The molecule has 0 amide bonds. The number of Topliss-reactive ketones (excluding diaryl/α,β-unsaturated/α-hetero) is 1. The van der Waals surface area contributed by atoms with Crippen molar-refractivity contribution >= 4 is 51.7 Å². The second-order valence-corrected chi connectivity index (χ2v) is 7.92. The molecule has 1 N–H and O–H groups in total. The highest BCUT2D eigenvalue weighted by molar-refractivity contribution is 8.08. The Balaban J connectivity index is 1.70. The second kappa shape index (κ2) is 9.07. The summed E-state index contributed by atoms with van der Waals surface area (Å²) in [7, 11) is 0. The zero-order chi connectivity index (χ0) is 22.7. The van der Waals surface area contributed by atoms with Gasteiger partial charge in [-0.15, -0.1) is 0 Å². The third kappa shape index (κ3) is 4.26. The number of nitrogens with zero attached hydrogens (tertiary/aromatic N) is 1. The number of hydrogen-bond donors (Lipinski definition) is 1. The van der Waals surface area contributed by atoms with Crippen LogP contribution in [0.3, 0.4) is 0 Å². The van der Waals surface area contributed by atoms with Crippen molar-refractivity contribution < 1.29 is 19.2 Å². The Labute approximate surface area is 187 Å². The van der Waals surface area contributed by atoms with E-state index in [0.717, 1.165) is 28.2 Å². The van der Waals surface area contributed by atoms with Gasteiger partial charge in [0.15, 0.2) is 0 Å². The lowest BCUT2D eigenvalue weighted by Crippen LogP contribution is -2.16. The molecule has 3 aromatic rings. The number of nitro benzene ring substituents is 1. The van der Waals surface area contributed by atoms with Crippen molar-refractivity contribution in [1.29, 1.82) is 0 Å². The topological polar surface area (TPSA) is 98.5 Å². The quantitative estimate of drug-likeness (QED) is 0.181. The molecule has 0 aromatic heterocycles. The molecule has 0 bridgehead atoms. The molecule has 0 saturated heterocycles. The summed E-state index contributed by atoms with van der Waals surface area (Å²) in [5, 5.41) is 16.5. The first-order valence-corrected chi connectivity index (χ1v) is 10.6. The van der Waals surface area contributed by atoms with Crippen LogP contribution in [0.5, 0.6) is 0 Å². The molecule has 4 rings (SSSR count). The summed E-state index contributed by atoms with van der Waals surface area (Å²) in [5.74, 6) is -1.14. The van der Waals surface area contributed by atoms with E-state index in [4.69, 9.17) is 4.74 Å². The molecule has 1 heterocycles. The van der Waals surface area contributed by atoms with Crippen molar-refractivity contribution in [2.75, 3.05) is 11.9 Å². The number of esters is 1. The molecule has 32 heavy (non-hydrogen) atoms. The fourth-order valence-corrected chi connectivity index (χ4v) is 4.35. The summed E-state index contributed by atoms with van der Waals surface area (Å²) >= 11 is 1.14. The van der Waals surface area contributed by atoms with Gasteiger partial charge in [0.1, 0.15) is 5.57 Å². The van der Waals surface area contributed by atoms with Crippen molar-refractivity contribution in [3.63, 3.8) is 0 Å². The zero-order valence-electron chi connectivity index (χ0n) is 17.0. The van der Waals surface area contributed by atoms with Gasteiger partial charge in [-0.1, -0.05) is 48.2 Å². The summed E-state index contributed by atoms with van der Waals surface area (Å²) in [6.07, 6.45) is 1.60. The molecule has 0 aliphatic carbocycles. The Morgan fingerprint density at radius 3 is 2.53 bits per heavy atom. The molecule has 3 aromatic carbocycles. The number of non-ortho nitro benzene ring substituents is 1. The lowest BCUT2D eigenvalue weighted by molar-refractivity contribution is -0.384. The van der Waals surface area contributed by atoms with Crippen LogP contribution in [0.25, 0.3) is 16.8 Å². The van der Waals surface area contributed by atoms with Crippen LogP contribution < -0.4 is 5.32 Å². The Morgan fingerprint density at radius 2 is 1.81 bits per heavy atom. The Bertz CT molecular complexity index is 1290. The van der Waals surface area contributed by atoms with Crippen LogP contribution in [0.2, 0.25) is 0 Å². The van der Waals surface area contributed by atoms with Crippen LogP contribution in [-0.4, -0.2) is 23.3 Å². The van der Waals surface area contributed by atoms with Gasteiger partial charge in [-0.05, 0) is 42.1 Å². The van der Waals surface area contributed by atoms with Gasteiger partial charge in [0.2, 0.25) is 5.78 Å². The number of ketones is 1. The highest BCUT2D eigenvalue weighted by atomic mass is 32.2. The number of allylic oxidation sites excluding steroid dienone is 1. The van der Waals surface area contributed by atoms with E-state index >= 15 is 0 Å². The van der Waals surface area contributed by atoms with E-state index in [1.165, 1.54) is 12.1 Å². The average Bonchev–Trinajstić information content (AvgIpc) is 3.09. The van der Waals surface area contributed by atoms with Crippen LogP contribution in [-0.2, 0) is 14.3 Å². The van der Waals surface area contributed by atoms with Gasteiger partial charge in [0, 0.05) is 23.2 Å². The first-order chi connectivity index (χ1) is 15.5. The maximum atomic E-state index is 13.1. The van der Waals surface area contributed by atoms with Gasteiger partial charge >= 0.3 is 5.97 Å². The predicted molar refractivity (Wildman–Crippen MR) is 125 cm³/mol. The van der Waals surface area contributed by atoms with Crippen molar-refractivity contribution in [2.45, 2.75) is 6.92 Å². The van der Waals surface area contributed by atoms with Crippen LogP contribution in [0, 0.1) is 10.1 Å². The zero-order valence-corrected chi connectivity index (χ0v) is 17.8. The van der Waals surface area contributed by atoms with Crippen LogP contribution in [0.4, 0.5) is 11.4 Å². The molecule has 0 saturated carbocycles. The van der Waals surface area contributed by atoms with E-state index in [2.05, 4.69) is 5.32 Å². The standard InChI is InChI=1S/C24H18N2O5S/c1-2-31-24(28)21-22(27)20(14-15-10-12-17(13-11-15)26(29)30)32-23(21)25-19-9-5-7-16-6-3-4-8-18(16)19/h3-14,25H,2H2,1H3/b20-14-. The van der Waals surface area contributed by atoms with E-state index in [1.807, 2.05) is 42.5 Å². The van der Waals surface area contributed by atoms with E-state index in [9.17, 15) is 19.7 Å². The third-order valence-electron chi connectivity index (χ3n) is 4.81. The molecule has 0 radical (unpaired) electrons. The number of thioether (sulfide) groups is 1. The number of nitro groups is 1. The highest BCUT2D eigenvalue weighted by Crippen LogP contribution is 2.41. The van der Waals surface area contributed by atoms with Gasteiger partial charge in [0.05, 0.1) is 21.5 Å². The molecule has 0 atom stereocenters. The minimum Gasteiger partial charge on any atom is -0.462 e. The average molecular weight is 446 g/mol. The molecular weight excluding hydrogens is 428 g/mol. The van der Waals surface area contributed by atoms with E-state index in [-0.39, 0.29) is 17.9 Å². The van der Waals surface area contributed by atoms with Crippen molar-refractivity contribution in [1.82, 2.24) is 0 Å². The Kier molecular flexibility index (Phi) is 6.04. The molecule has 0 unspecified atom stereocenters. The minimum absolute atomic E-state index is 0.0406. The summed E-state index contributed by atoms with van der Waals surface area (Å²) in [6.45, 7) is 1.82. The molecule has 0 fully saturated rings. The highest BCUT2D eigenvalue weighted by Gasteiger charge is 2.35. The summed E-state index contributed by atoms with van der Waals surface area (Å²) in [4.78, 5) is 36.4. The fourth-order valence-electron chi connectivity index (χ4n) is 3.31. The number of fused-ring (bicyclic) bond motifs is 1. The fraction of sp³-hybridized carbons (Fsp3) is 0.0833. The predicted octanol–water partition coefficient (Wildman–Crippen LogP) is 5.29. The summed E-state index contributed by atoms with van der Waals surface area (Å²) < 4.78 is 5.12. The molecule has 1 aliphatic heterocycles. The molecule has 8 heteroatoms. The molecule has 0 spiro atoms. The van der Waals surface area contributed by atoms with Gasteiger partial charge in [0.25, 0.3) is 5.69 Å². The number of hydrogen-bond acceptors (Lipinski definition) is 7. The van der Waals surface area contributed by atoms with Crippen molar-refractivity contribution in [3.8, 4) is 0 Å². The van der Waals surface area contributed by atoms with Crippen LogP contribution in [0.15, 0.2) is 82.2 Å². The maximum absolute atomic E-state index is 13.1. The number of rotatable bonds is 6. The number of carbonyl (C=O) groups is 2. The second-order valence-electron chi connectivity index (χ2n) is 6.86. The van der Waals surface area contributed by atoms with E-state index in [0.29, 0.717) is 15.5 Å². The molecule has 1 aliphatic rings. The monoisotopic (exact) mass is 446 g/mol. The maximum Gasteiger partial charge on any atom is 0.344 e. The molecule has 160 valence electrons. The molecular formula is C24H18N2O5S. The van der Waals surface area contributed by atoms with Crippen molar-refractivity contribution in [3.05, 3.63) is 97.9 Å². The number of ether oxygens (including phenoxy) is 1. The number of carbonyl (C=O) groups excluding carboxylic acids is 2. The van der Waals surface area contributed by atoms with Crippen molar-refractivity contribution in [2.24, 2.45) is 0 Å². The van der Waals surface area contributed by atoms with E-state index in [1.54, 1.807) is 25.1 Å². The smallest absolute Gasteiger partial charge is 0.344 e. The summed E-state index contributed by atoms with van der Waals surface area (Å²) in [5.41, 5.74) is 1.28. The van der Waals surface area contributed by atoms with Gasteiger partial charge in [-0.2, -0.15) is 0 Å². The normalized spacial score (nSPS) is 14.8. The summed E-state index contributed by atoms with van der Waals surface area (Å²) in [6, 6.07) is 19.4. The van der Waals surface area contributed by atoms with E-state index < -0.39 is 16.7 Å². The number of anilines is 1. The largest absolute Gasteiger partial charge is 0.462 e. The lowest BCUT2D eigenvalue weighted by atomic mass is 10.1. The van der Waals surface area contributed by atoms with Gasteiger partial charge < -0.3 is 10.1 Å². The van der Waals surface area contributed by atoms with Gasteiger partial charge in [-0.3, -0.25) is 14.9 Å². The van der Waals surface area contributed by atoms with Crippen LogP contribution >= 0.6 is 11.8 Å².